The summed E-state index contributed by atoms with van der Waals surface area (Å²) >= 11 is 18.0. The fraction of sp³-hybridized carbons (Fsp3) is 0.0588. The number of benzene rings is 2. The van der Waals surface area contributed by atoms with E-state index in [-0.39, 0.29) is 0 Å². The zero-order valence-electron chi connectivity index (χ0n) is 12.1. The number of hydrogen-bond acceptors (Lipinski definition) is 3. The lowest BCUT2D eigenvalue weighted by Gasteiger charge is -2.07. The van der Waals surface area contributed by atoms with Crippen LogP contribution in [-0.4, -0.2) is 10.7 Å². The summed E-state index contributed by atoms with van der Waals surface area (Å²) in [7, 11) is 0. The van der Waals surface area contributed by atoms with Crippen molar-refractivity contribution in [2.45, 2.75) is 6.92 Å². The van der Waals surface area contributed by atoms with Gasteiger partial charge in [-0.25, -0.2) is 0 Å². The van der Waals surface area contributed by atoms with E-state index in [0.29, 0.717) is 15.1 Å². The number of halogens is 3. The third-order valence-corrected chi connectivity index (χ3v) is 4.36. The van der Waals surface area contributed by atoms with E-state index in [2.05, 4.69) is 15.5 Å². The third kappa shape index (κ3) is 3.58. The van der Waals surface area contributed by atoms with Crippen LogP contribution < -0.4 is 5.43 Å². The highest BCUT2D eigenvalue weighted by Gasteiger charge is 2.04. The van der Waals surface area contributed by atoms with Crippen LogP contribution in [0, 0.1) is 0 Å². The summed E-state index contributed by atoms with van der Waals surface area (Å²) in [6.45, 7) is 1.90. The molecule has 3 aromatic rings. The lowest BCUT2D eigenvalue weighted by molar-refractivity contribution is 1.31. The second-order valence-electron chi connectivity index (χ2n) is 4.96. The SMILES string of the molecule is CC(=NNc1ccnc2cc(Cl)ccc12)c1ccc(Cl)c(Cl)c1. The van der Waals surface area contributed by atoms with Crippen molar-refractivity contribution in [1.82, 2.24) is 4.98 Å². The van der Waals surface area contributed by atoms with Gasteiger partial charge in [-0.3, -0.25) is 10.4 Å². The Labute approximate surface area is 148 Å². The Kier molecular flexibility index (Phi) is 4.71. The van der Waals surface area contributed by atoms with Crippen molar-refractivity contribution < 1.29 is 0 Å². The molecule has 1 heterocycles. The normalized spacial score (nSPS) is 11.7. The van der Waals surface area contributed by atoms with Crippen molar-refractivity contribution in [3.8, 4) is 0 Å². The molecule has 0 spiro atoms. The second kappa shape index (κ2) is 6.75. The smallest absolute Gasteiger partial charge is 0.0738 e. The maximum atomic E-state index is 6.04. The monoisotopic (exact) mass is 363 g/mol. The first-order chi connectivity index (χ1) is 11.0. The Morgan fingerprint density at radius 3 is 2.61 bits per heavy atom. The van der Waals surface area contributed by atoms with Gasteiger partial charge in [-0.15, -0.1) is 0 Å². The van der Waals surface area contributed by atoms with Gasteiger partial charge in [0, 0.05) is 16.6 Å². The number of anilines is 1. The van der Waals surface area contributed by atoms with Crippen LogP contribution in [0.4, 0.5) is 5.69 Å². The zero-order chi connectivity index (χ0) is 16.4. The van der Waals surface area contributed by atoms with E-state index in [1.54, 1.807) is 18.3 Å². The van der Waals surface area contributed by atoms with Crippen LogP contribution in [-0.2, 0) is 0 Å². The van der Waals surface area contributed by atoms with Gasteiger partial charge in [-0.05, 0) is 48.9 Å². The highest BCUT2D eigenvalue weighted by molar-refractivity contribution is 6.42. The standard InChI is InChI=1S/C17H12Cl3N3/c1-10(11-2-5-14(19)15(20)8-11)22-23-16-6-7-21-17-9-12(18)3-4-13(16)17/h2-9H,1H3,(H,21,23). The van der Waals surface area contributed by atoms with E-state index in [9.17, 15) is 0 Å². The van der Waals surface area contributed by atoms with Crippen LogP contribution in [0.2, 0.25) is 15.1 Å². The summed E-state index contributed by atoms with van der Waals surface area (Å²) in [6, 6.07) is 12.8. The highest BCUT2D eigenvalue weighted by atomic mass is 35.5. The van der Waals surface area contributed by atoms with Crippen molar-refractivity contribution in [3.05, 3.63) is 69.3 Å². The topological polar surface area (TPSA) is 37.3 Å². The molecule has 0 unspecified atom stereocenters. The molecule has 3 nitrogen and oxygen atoms in total. The van der Waals surface area contributed by atoms with Crippen molar-refractivity contribution in [2.75, 3.05) is 5.43 Å². The molecule has 0 aliphatic carbocycles. The average molecular weight is 365 g/mol. The summed E-state index contributed by atoms with van der Waals surface area (Å²) in [6.07, 6.45) is 1.71. The molecular formula is C17H12Cl3N3. The molecule has 0 bridgehead atoms. The van der Waals surface area contributed by atoms with E-state index < -0.39 is 0 Å². The molecule has 2 aromatic carbocycles. The van der Waals surface area contributed by atoms with Crippen LogP contribution in [0.15, 0.2) is 53.8 Å². The molecule has 1 N–H and O–H groups in total. The minimum Gasteiger partial charge on any atom is -0.277 e. The van der Waals surface area contributed by atoms with Crippen molar-refractivity contribution in [2.24, 2.45) is 5.10 Å². The Morgan fingerprint density at radius 1 is 1.00 bits per heavy atom. The molecule has 116 valence electrons. The molecule has 0 atom stereocenters. The molecule has 3 rings (SSSR count). The molecule has 0 aliphatic heterocycles. The van der Waals surface area contributed by atoms with Gasteiger partial charge in [0.2, 0.25) is 0 Å². The van der Waals surface area contributed by atoms with Crippen LogP contribution in [0.25, 0.3) is 10.9 Å². The summed E-state index contributed by atoms with van der Waals surface area (Å²) in [5.41, 5.74) is 6.42. The van der Waals surface area contributed by atoms with Crippen molar-refractivity contribution >= 4 is 57.1 Å². The molecule has 1 aromatic heterocycles. The van der Waals surface area contributed by atoms with Gasteiger partial charge in [0.25, 0.3) is 0 Å². The predicted octanol–water partition coefficient (Wildman–Crippen LogP) is 6.03. The lowest BCUT2D eigenvalue weighted by atomic mass is 10.1. The van der Waals surface area contributed by atoms with Crippen molar-refractivity contribution in [1.29, 1.82) is 0 Å². The van der Waals surface area contributed by atoms with Crippen LogP contribution in [0.5, 0.6) is 0 Å². The first-order valence-corrected chi connectivity index (χ1v) is 7.98. The molecule has 6 heteroatoms. The molecule has 0 radical (unpaired) electrons. The largest absolute Gasteiger partial charge is 0.277 e. The van der Waals surface area contributed by atoms with E-state index >= 15 is 0 Å². The Balaban J connectivity index is 1.91. The van der Waals surface area contributed by atoms with Crippen LogP contribution >= 0.6 is 34.8 Å². The van der Waals surface area contributed by atoms with Crippen LogP contribution in [0.1, 0.15) is 12.5 Å². The van der Waals surface area contributed by atoms with Gasteiger partial charge in [-0.1, -0.05) is 40.9 Å². The summed E-state index contributed by atoms with van der Waals surface area (Å²) in [4.78, 5) is 4.30. The van der Waals surface area contributed by atoms with E-state index in [1.165, 1.54) is 0 Å². The number of hydrazone groups is 1. The Morgan fingerprint density at radius 2 is 1.83 bits per heavy atom. The average Bonchev–Trinajstić information content (AvgIpc) is 2.54. The highest BCUT2D eigenvalue weighted by Crippen LogP contribution is 2.25. The molecule has 23 heavy (non-hydrogen) atoms. The molecule has 0 aliphatic rings. The zero-order valence-corrected chi connectivity index (χ0v) is 14.4. The summed E-state index contributed by atoms with van der Waals surface area (Å²) < 4.78 is 0. The first-order valence-electron chi connectivity index (χ1n) is 6.84. The van der Waals surface area contributed by atoms with Crippen LogP contribution in [0.3, 0.4) is 0 Å². The number of nitrogens with one attached hydrogen (secondary N) is 1. The summed E-state index contributed by atoms with van der Waals surface area (Å²) in [5, 5.41) is 7.03. The van der Waals surface area contributed by atoms with Gasteiger partial charge in [-0.2, -0.15) is 5.10 Å². The molecule has 0 fully saturated rings. The summed E-state index contributed by atoms with van der Waals surface area (Å²) in [5.74, 6) is 0. The first kappa shape index (κ1) is 16.1. The maximum Gasteiger partial charge on any atom is 0.0738 e. The number of pyridine rings is 1. The fourth-order valence-electron chi connectivity index (χ4n) is 2.15. The number of fused-ring (bicyclic) bond motifs is 1. The lowest BCUT2D eigenvalue weighted by Crippen LogP contribution is -2.00. The maximum absolute atomic E-state index is 6.04. The minimum absolute atomic E-state index is 0.503. The quantitative estimate of drug-likeness (QED) is 0.455. The van der Waals surface area contributed by atoms with E-state index in [0.717, 1.165) is 27.9 Å². The molecule has 0 saturated heterocycles. The fourth-order valence-corrected chi connectivity index (χ4v) is 2.61. The number of rotatable bonds is 3. The van der Waals surface area contributed by atoms with Gasteiger partial charge in [0.1, 0.15) is 0 Å². The van der Waals surface area contributed by atoms with E-state index in [1.807, 2.05) is 37.3 Å². The molecule has 0 saturated carbocycles. The number of nitrogens with zero attached hydrogens (tertiary/aromatic N) is 2. The van der Waals surface area contributed by atoms with Gasteiger partial charge >= 0.3 is 0 Å². The minimum atomic E-state index is 0.503. The number of hydrogen-bond donors (Lipinski definition) is 1. The number of aromatic nitrogens is 1. The Bertz CT molecular complexity index is 907. The molecular weight excluding hydrogens is 353 g/mol. The third-order valence-electron chi connectivity index (χ3n) is 3.39. The van der Waals surface area contributed by atoms with E-state index in [4.69, 9.17) is 34.8 Å². The molecule has 0 amide bonds. The van der Waals surface area contributed by atoms with Gasteiger partial charge < -0.3 is 0 Å². The predicted molar refractivity (Wildman–Crippen MR) is 99.0 cm³/mol. The Hall–Kier alpha value is -1.81. The van der Waals surface area contributed by atoms with Crippen molar-refractivity contribution in [3.63, 3.8) is 0 Å². The second-order valence-corrected chi connectivity index (χ2v) is 6.21. The van der Waals surface area contributed by atoms with Gasteiger partial charge in [0.15, 0.2) is 0 Å². The van der Waals surface area contributed by atoms with Gasteiger partial charge in [0.05, 0.1) is 27.0 Å².